The first kappa shape index (κ1) is 16.6. The Balaban J connectivity index is 1.60. The van der Waals surface area contributed by atoms with Crippen molar-refractivity contribution in [3.63, 3.8) is 0 Å². The number of β-amino-alcohol motifs (C(OH)–C–C–N with tert-alkyl or cyclic N) is 1. The van der Waals surface area contributed by atoms with E-state index in [1.807, 2.05) is 35.2 Å². The first-order valence-electron chi connectivity index (χ1n) is 8.28. The van der Waals surface area contributed by atoms with Crippen molar-refractivity contribution in [1.29, 1.82) is 0 Å². The van der Waals surface area contributed by atoms with E-state index in [9.17, 15) is 9.90 Å². The summed E-state index contributed by atoms with van der Waals surface area (Å²) in [6, 6.07) is 12.1. The molecule has 5 nitrogen and oxygen atoms in total. The number of rotatable bonds is 6. The Morgan fingerprint density at radius 3 is 3.00 bits per heavy atom. The van der Waals surface area contributed by atoms with Gasteiger partial charge in [-0.25, -0.2) is 0 Å². The Morgan fingerprint density at radius 1 is 1.33 bits per heavy atom. The Morgan fingerprint density at radius 2 is 2.17 bits per heavy atom. The summed E-state index contributed by atoms with van der Waals surface area (Å²) in [5.41, 5.74) is 1.96. The van der Waals surface area contributed by atoms with Crippen LogP contribution in [0.1, 0.15) is 5.69 Å². The monoisotopic (exact) mass is 325 g/mol. The average Bonchev–Trinajstić information content (AvgIpc) is 2.92. The van der Waals surface area contributed by atoms with E-state index in [-0.39, 0.29) is 11.8 Å². The number of aromatic nitrogens is 1. The van der Waals surface area contributed by atoms with Crippen LogP contribution < -0.4 is 5.32 Å². The third-order valence-corrected chi connectivity index (χ3v) is 4.42. The molecule has 2 atom stereocenters. The number of carbonyl (C=O) groups is 1. The minimum Gasteiger partial charge on any atom is -0.391 e. The fraction of sp³-hybridized carbons (Fsp3) is 0.368. The number of hydrogen-bond acceptors (Lipinski definition) is 4. The number of nitrogens with zero attached hydrogens (tertiary/aromatic N) is 2. The van der Waals surface area contributed by atoms with E-state index < -0.39 is 6.10 Å². The molecule has 2 aromatic rings. The highest BCUT2D eigenvalue weighted by Gasteiger charge is 2.32. The van der Waals surface area contributed by atoms with Gasteiger partial charge in [-0.15, -0.1) is 6.58 Å². The molecule has 0 aliphatic carbocycles. The highest BCUT2D eigenvalue weighted by Crippen LogP contribution is 2.22. The number of amides is 1. The molecule has 1 aliphatic heterocycles. The molecule has 1 aromatic heterocycles. The maximum atomic E-state index is 11.8. The summed E-state index contributed by atoms with van der Waals surface area (Å²) >= 11 is 0. The van der Waals surface area contributed by atoms with Crippen molar-refractivity contribution < 1.29 is 9.90 Å². The van der Waals surface area contributed by atoms with Gasteiger partial charge in [0.25, 0.3) is 0 Å². The lowest BCUT2D eigenvalue weighted by atomic mass is 9.99. The van der Waals surface area contributed by atoms with Crippen LogP contribution in [0, 0.1) is 5.92 Å². The zero-order valence-corrected chi connectivity index (χ0v) is 13.7. The summed E-state index contributed by atoms with van der Waals surface area (Å²) < 4.78 is 0. The summed E-state index contributed by atoms with van der Waals surface area (Å²) in [5.74, 6) is 0.0671. The Hall–Kier alpha value is -2.24. The normalized spacial score (nSPS) is 21.0. The van der Waals surface area contributed by atoms with Gasteiger partial charge in [-0.2, -0.15) is 0 Å². The van der Waals surface area contributed by atoms with Crippen LogP contribution >= 0.6 is 0 Å². The van der Waals surface area contributed by atoms with E-state index in [1.165, 1.54) is 0 Å². The zero-order valence-electron chi connectivity index (χ0n) is 13.7. The second-order valence-electron chi connectivity index (χ2n) is 6.31. The van der Waals surface area contributed by atoms with Gasteiger partial charge in [0.1, 0.15) is 0 Å². The molecule has 3 rings (SSSR count). The molecule has 0 unspecified atom stereocenters. The van der Waals surface area contributed by atoms with Gasteiger partial charge in [0.15, 0.2) is 0 Å². The number of pyridine rings is 1. The van der Waals surface area contributed by atoms with E-state index in [2.05, 4.69) is 22.9 Å². The SMILES string of the molecule is C=CCNC(=O)CN1C[C@@H](Cc2ccc3ccccc3n2)[C@H](O)C1. The van der Waals surface area contributed by atoms with Crippen molar-refractivity contribution in [3.8, 4) is 0 Å². The van der Waals surface area contributed by atoms with Gasteiger partial charge < -0.3 is 10.4 Å². The van der Waals surface area contributed by atoms with E-state index in [0.717, 1.165) is 23.0 Å². The Bertz CT molecular complexity index is 731. The zero-order chi connectivity index (χ0) is 16.9. The molecular formula is C19H23N3O2. The summed E-state index contributed by atoms with van der Waals surface area (Å²) in [7, 11) is 0. The molecule has 1 aromatic carbocycles. The van der Waals surface area contributed by atoms with Crippen LogP contribution in [0.3, 0.4) is 0 Å². The van der Waals surface area contributed by atoms with E-state index >= 15 is 0 Å². The fourth-order valence-corrected chi connectivity index (χ4v) is 3.21. The lowest BCUT2D eigenvalue weighted by Crippen LogP contribution is -2.36. The predicted octanol–water partition coefficient (Wildman–Crippen LogP) is 1.37. The molecule has 5 heteroatoms. The van der Waals surface area contributed by atoms with Gasteiger partial charge in [0.05, 0.1) is 18.2 Å². The highest BCUT2D eigenvalue weighted by molar-refractivity contribution is 5.78. The highest BCUT2D eigenvalue weighted by atomic mass is 16.3. The van der Waals surface area contributed by atoms with E-state index in [1.54, 1.807) is 6.08 Å². The first-order chi connectivity index (χ1) is 11.7. The molecule has 0 spiro atoms. The third kappa shape index (κ3) is 3.99. The Labute approximate surface area is 142 Å². The summed E-state index contributed by atoms with van der Waals surface area (Å²) in [6.07, 6.45) is 1.95. The number of aliphatic hydroxyl groups is 1. The maximum absolute atomic E-state index is 11.8. The molecule has 2 N–H and O–H groups in total. The van der Waals surface area contributed by atoms with Crippen molar-refractivity contribution in [2.24, 2.45) is 5.92 Å². The van der Waals surface area contributed by atoms with Gasteiger partial charge in [0.2, 0.25) is 5.91 Å². The quantitative estimate of drug-likeness (QED) is 0.788. The van der Waals surface area contributed by atoms with Crippen molar-refractivity contribution in [3.05, 3.63) is 54.7 Å². The lowest BCUT2D eigenvalue weighted by Gasteiger charge is -2.15. The molecule has 0 bridgehead atoms. The van der Waals surface area contributed by atoms with Crippen molar-refractivity contribution in [2.75, 3.05) is 26.2 Å². The maximum Gasteiger partial charge on any atom is 0.234 e. The van der Waals surface area contributed by atoms with Gasteiger partial charge in [0, 0.05) is 36.6 Å². The number of fused-ring (bicyclic) bond motifs is 1. The molecule has 1 fully saturated rings. The second-order valence-corrected chi connectivity index (χ2v) is 6.31. The summed E-state index contributed by atoms with van der Waals surface area (Å²) in [4.78, 5) is 18.5. The lowest BCUT2D eigenvalue weighted by molar-refractivity contribution is -0.121. The molecule has 1 amide bonds. The van der Waals surface area contributed by atoms with E-state index in [4.69, 9.17) is 0 Å². The molecule has 1 aliphatic rings. The Kier molecular flexibility index (Phi) is 5.23. The number of benzene rings is 1. The van der Waals surface area contributed by atoms with Crippen LogP contribution in [0.2, 0.25) is 0 Å². The molecule has 0 radical (unpaired) electrons. The third-order valence-electron chi connectivity index (χ3n) is 4.42. The van der Waals surface area contributed by atoms with Crippen LogP contribution in [0.5, 0.6) is 0 Å². The van der Waals surface area contributed by atoms with Crippen molar-refractivity contribution >= 4 is 16.8 Å². The molecular weight excluding hydrogens is 302 g/mol. The molecule has 126 valence electrons. The van der Waals surface area contributed by atoms with Crippen LogP contribution in [-0.2, 0) is 11.2 Å². The second kappa shape index (κ2) is 7.55. The summed E-state index contributed by atoms with van der Waals surface area (Å²) in [5, 5.41) is 14.2. The van der Waals surface area contributed by atoms with Gasteiger partial charge in [-0.05, 0) is 18.6 Å². The predicted molar refractivity (Wildman–Crippen MR) is 94.6 cm³/mol. The van der Waals surface area contributed by atoms with Crippen LogP contribution in [0.4, 0.5) is 0 Å². The summed E-state index contributed by atoms with van der Waals surface area (Å²) in [6.45, 7) is 5.60. The topological polar surface area (TPSA) is 65.5 Å². The van der Waals surface area contributed by atoms with Gasteiger partial charge >= 0.3 is 0 Å². The molecule has 24 heavy (non-hydrogen) atoms. The van der Waals surface area contributed by atoms with Crippen LogP contribution in [-0.4, -0.2) is 53.2 Å². The molecule has 2 heterocycles. The minimum absolute atomic E-state index is 0.0356. The van der Waals surface area contributed by atoms with Gasteiger partial charge in [-0.1, -0.05) is 30.3 Å². The smallest absolute Gasteiger partial charge is 0.234 e. The number of nitrogens with one attached hydrogen (secondary N) is 1. The van der Waals surface area contributed by atoms with Crippen LogP contribution in [0.15, 0.2) is 49.1 Å². The number of para-hydroxylation sites is 1. The number of aliphatic hydroxyl groups excluding tert-OH is 1. The largest absolute Gasteiger partial charge is 0.391 e. The van der Waals surface area contributed by atoms with Gasteiger partial charge in [-0.3, -0.25) is 14.7 Å². The van der Waals surface area contributed by atoms with Crippen LogP contribution in [0.25, 0.3) is 10.9 Å². The fourth-order valence-electron chi connectivity index (χ4n) is 3.21. The molecule has 1 saturated heterocycles. The average molecular weight is 325 g/mol. The van der Waals surface area contributed by atoms with Crippen molar-refractivity contribution in [2.45, 2.75) is 12.5 Å². The number of likely N-dealkylation sites (tertiary alicyclic amines) is 1. The number of hydrogen-bond donors (Lipinski definition) is 2. The van der Waals surface area contributed by atoms with Crippen molar-refractivity contribution in [1.82, 2.24) is 15.2 Å². The first-order valence-corrected chi connectivity index (χ1v) is 8.28. The van der Waals surface area contributed by atoms with E-state index in [0.29, 0.717) is 26.2 Å². The molecule has 0 saturated carbocycles. The number of carbonyl (C=O) groups excluding carboxylic acids is 1. The minimum atomic E-state index is -0.425. The standard InChI is InChI=1S/C19H23N3O2/c1-2-9-20-19(24)13-22-11-15(18(23)12-22)10-16-8-7-14-5-3-4-6-17(14)21-16/h2-8,15,18,23H,1,9-13H2,(H,20,24)/t15-,18-/m1/s1.